The number of esters is 1. The quantitative estimate of drug-likeness (QED) is 0.206. The molecule has 1 saturated carbocycles. The number of ether oxygens (including phenoxy) is 2. The Morgan fingerprint density at radius 3 is 1.71 bits per heavy atom. The fourth-order valence-electron chi connectivity index (χ4n) is 5.10. The van der Waals surface area contributed by atoms with Crippen LogP contribution in [0.4, 0.5) is 0 Å². The number of allylic oxidation sites excluding steroid dienone is 1. The first kappa shape index (κ1) is 24.8. The molecule has 35 heavy (non-hydrogen) atoms. The van der Waals surface area contributed by atoms with Gasteiger partial charge in [0.25, 0.3) is 0 Å². The van der Waals surface area contributed by atoms with E-state index in [1.165, 1.54) is 14.2 Å². The van der Waals surface area contributed by atoms with Gasteiger partial charge in [0.05, 0.1) is 18.5 Å². The van der Waals surface area contributed by atoms with E-state index < -0.39 is 7.26 Å². The molecule has 4 nitrogen and oxygen atoms in total. The van der Waals surface area contributed by atoms with Crippen LogP contribution in [0.3, 0.4) is 0 Å². The molecular weight excluding hydrogens is 455 g/mol. The first-order valence-corrected chi connectivity index (χ1v) is 13.8. The highest BCUT2D eigenvalue weighted by molar-refractivity contribution is 7.98. The summed E-state index contributed by atoms with van der Waals surface area (Å²) in [7, 11) is 0.424. The Balaban J connectivity index is 2.02. The molecule has 1 fully saturated rings. The van der Waals surface area contributed by atoms with Crippen LogP contribution in [0.25, 0.3) is 0 Å². The Morgan fingerprint density at radius 1 is 0.800 bits per heavy atom. The summed E-state index contributed by atoms with van der Waals surface area (Å²) in [5.74, 6) is 1.30. The summed E-state index contributed by atoms with van der Waals surface area (Å²) in [4.78, 5) is 13.4. The standard InChI is InChI=1S/C30H31O4P/c1-33-29(31)21-23-13-12-20-27(23)28(30(32)34-2)22-35(24-14-6-3-7-15-24,25-16-8-4-9-17-25)26-18-10-5-11-19-26/h3-11,14-19,21-23,27H,12-13,20H2,1-2H3/b28-22-,29-21+. The molecule has 1 aliphatic rings. The van der Waals surface area contributed by atoms with Gasteiger partial charge in [-0.05, 0) is 62.3 Å². The molecule has 5 heteroatoms. The third-order valence-corrected chi connectivity index (χ3v) is 10.8. The van der Waals surface area contributed by atoms with Crippen LogP contribution in [0.5, 0.6) is 0 Å². The molecular formula is C30H31O4P. The van der Waals surface area contributed by atoms with Gasteiger partial charge in [-0.25, -0.2) is 4.79 Å². The van der Waals surface area contributed by atoms with Crippen molar-refractivity contribution in [1.82, 2.24) is 0 Å². The van der Waals surface area contributed by atoms with E-state index in [4.69, 9.17) is 9.47 Å². The molecule has 0 aromatic heterocycles. The highest BCUT2D eigenvalue weighted by atomic mass is 31.2. The molecule has 3 aromatic carbocycles. The lowest BCUT2D eigenvalue weighted by Crippen LogP contribution is -2.31. The molecule has 2 unspecified atom stereocenters. The lowest BCUT2D eigenvalue weighted by Gasteiger charge is -2.27. The van der Waals surface area contributed by atoms with E-state index in [0.717, 1.165) is 35.2 Å². The normalized spacial score (nSPS) is 18.8. The summed E-state index contributed by atoms with van der Waals surface area (Å²) in [6.07, 6.45) is 4.21. The molecule has 0 N–H and O–H groups in total. The molecule has 4 rings (SSSR count). The Morgan fingerprint density at radius 2 is 1.29 bits per heavy atom. The van der Waals surface area contributed by atoms with Crippen LogP contribution < -0.4 is 21.0 Å². The molecule has 1 aliphatic carbocycles. The van der Waals surface area contributed by atoms with E-state index in [-0.39, 0.29) is 23.8 Å². The largest absolute Gasteiger partial charge is 0.617 e. The summed E-state index contributed by atoms with van der Waals surface area (Å²) in [5, 5.41) is 15.6. The van der Waals surface area contributed by atoms with Crippen molar-refractivity contribution in [3.05, 3.63) is 114 Å². The van der Waals surface area contributed by atoms with Gasteiger partial charge < -0.3 is 14.6 Å². The van der Waals surface area contributed by atoms with Crippen LogP contribution in [0, 0.1) is 11.8 Å². The zero-order valence-corrected chi connectivity index (χ0v) is 21.1. The monoisotopic (exact) mass is 486 g/mol. The number of hydrogen-bond donors (Lipinski definition) is 0. The Labute approximate surface area is 208 Å². The Hall–Kier alpha value is -3.36. The zero-order valence-electron chi connectivity index (χ0n) is 20.2. The van der Waals surface area contributed by atoms with Gasteiger partial charge in [0, 0.05) is 11.9 Å². The fraction of sp³-hybridized carbons (Fsp3) is 0.233. The molecule has 0 amide bonds. The number of methoxy groups -OCH3 is 2. The number of hydrogen-bond acceptors (Lipinski definition) is 4. The van der Waals surface area contributed by atoms with Gasteiger partial charge in [-0.3, -0.25) is 0 Å². The van der Waals surface area contributed by atoms with Crippen molar-refractivity contribution >= 4 is 29.1 Å². The predicted molar refractivity (Wildman–Crippen MR) is 141 cm³/mol. The van der Waals surface area contributed by atoms with E-state index in [1.807, 2.05) is 54.6 Å². The van der Waals surface area contributed by atoms with E-state index >= 15 is 0 Å². The second-order valence-corrected chi connectivity index (χ2v) is 11.9. The number of benzene rings is 3. The second-order valence-electron chi connectivity index (χ2n) is 8.70. The maximum Gasteiger partial charge on any atom is 0.337 e. The minimum atomic E-state index is -2.39. The molecule has 180 valence electrons. The highest BCUT2D eigenvalue weighted by Crippen LogP contribution is 2.59. The lowest BCUT2D eigenvalue weighted by atomic mass is 9.89. The molecule has 0 radical (unpaired) electrons. The third kappa shape index (κ3) is 5.18. The summed E-state index contributed by atoms with van der Waals surface area (Å²) in [5.41, 5.74) is 0.639. The maximum atomic E-state index is 13.4. The van der Waals surface area contributed by atoms with E-state index in [9.17, 15) is 9.90 Å². The summed E-state index contributed by atoms with van der Waals surface area (Å²) >= 11 is 0. The summed E-state index contributed by atoms with van der Waals surface area (Å²) < 4.78 is 10.3. The first-order valence-electron chi connectivity index (χ1n) is 11.9. The minimum absolute atomic E-state index is 0.0722. The molecule has 3 aromatic rings. The van der Waals surface area contributed by atoms with Crippen LogP contribution in [0.2, 0.25) is 0 Å². The van der Waals surface area contributed by atoms with Gasteiger partial charge in [0.2, 0.25) is 0 Å². The first-order chi connectivity index (χ1) is 17.1. The average molecular weight is 487 g/mol. The van der Waals surface area contributed by atoms with Gasteiger partial charge in [-0.15, -0.1) is 0 Å². The molecule has 0 spiro atoms. The predicted octanol–water partition coefficient (Wildman–Crippen LogP) is 4.30. The smallest absolute Gasteiger partial charge is 0.337 e. The van der Waals surface area contributed by atoms with Crippen molar-refractivity contribution in [1.29, 1.82) is 0 Å². The SMILES string of the molecule is COC(=O)/C(=C\[P+](c1ccccc1)(c1ccccc1)c1ccccc1)C1CCCC1/C=C(\[O-])OC. The molecule has 0 heterocycles. The molecule has 2 atom stereocenters. The van der Waals surface area contributed by atoms with Crippen molar-refractivity contribution in [2.75, 3.05) is 14.2 Å². The van der Waals surface area contributed by atoms with E-state index in [1.54, 1.807) is 6.08 Å². The van der Waals surface area contributed by atoms with Gasteiger partial charge >= 0.3 is 5.97 Å². The maximum absolute atomic E-state index is 13.4. The molecule has 0 bridgehead atoms. The van der Waals surface area contributed by atoms with Crippen LogP contribution >= 0.6 is 7.26 Å². The number of rotatable bonds is 8. The summed E-state index contributed by atoms with van der Waals surface area (Å²) in [6, 6.07) is 31.2. The van der Waals surface area contributed by atoms with Crippen molar-refractivity contribution in [2.24, 2.45) is 11.8 Å². The van der Waals surface area contributed by atoms with E-state index in [2.05, 4.69) is 42.2 Å². The molecule has 0 aliphatic heterocycles. The van der Waals surface area contributed by atoms with Crippen LogP contribution in [0.15, 0.2) is 114 Å². The van der Waals surface area contributed by atoms with Crippen LogP contribution in [-0.2, 0) is 14.3 Å². The van der Waals surface area contributed by atoms with Crippen molar-refractivity contribution in [3.8, 4) is 0 Å². The highest BCUT2D eigenvalue weighted by Gasteiger charge is 2.46. The fourth-order valence-corrected chi connectivity index (χ4v) is 9.09. The van der Waals surface area contributed by atoms with Crippen molar-refractivity contribution in [2.45, 2.75) is 19.3 Å². The Kier molecular flexibility index (Phi) is 8.05. The number of carbonyl (C=O) groups excluding carboxylic acids is 1. The van der Waals surface area contributed by atoms with E-state index in [0.29, 0.717) is 5.57 Å². The van der Waals surface area contributed by atoms with Crippen LogP contribution in [-0.4, -0.2) is 20.2 Å². The molecule has 0 saturated heterocycles. The van der Waals surface area contributed by atoms with Crippen molar-refractivity contribution < 1.29 is 19.4 Å². The van der Waals surface area contributed by atoms with Gasteiger partial charge in [0.1, 0.15) is 23.2 Å². The van der Waals surface area contributed by atoms with Gasteiger partial charge in [0.15, 0.2) is 0 Å². The Bertz CT molecular complexity index is 1080. The van der Waals surface area contributed by atoms with Crippen molar-refractivity contribution in [3.63, 3.8) is 0 Å². The third-order valence-electron chi connectivity index (χ3n) is 6.76. The average Bonchev–Trinajstić information content (AvgIpc) is 3.38. The van der Waals surface area contributed by atoms with Gasteiger partial charge in [-0.1, -0.05) is 67.1 Å². The summed E-state index contributed by atoms with van der Waals surface area (Å²) in [6.45, 7) is 0. The number of carbonyl (C=O) groups is 1. The zero-order chi connectivity index (χ0) is 24.7. The van der Waals surface area contributed by atoms with Gasteiger partial charge in [-0.2, -0.15) is 0 Å². The lowest BCUT2D eigenvalue weighted by molar-refractivity contribution is -0.354. The second kappa shape index (κ2) is 11.4. The minimum Gasteiger partial charge on any atom is -0.617 e. The van der Waals surface area contributed by atoms with Crippen LogP contribution in [0.1, 0.15) is 19.3 Å². The topological polar surface area (TPSA) is 58.6 Å².